The molecule has 2 N–H and O–H groups in total. The maximum Gasteiger partial charge on any atom is 0.257 e. The normalized spacial score (nSPS) is 10.3. The highest BCUT2D eigenvalue weighted by Crippen LogP contribution is 2.24. The Bertz CT molecular complexity index is 431. The Hall–Kier alpha value is -1.37. The Labute approximate surface area is 121 Å². The monoisotopic (exact) mass is 305 g/mol. The zero-order valence-corrected chi connectivity index (χ0v) is 11.7. The van der Waals surface area contributed by atoms with Crippen LogP contribution in [0.1, 0.15) is 6.42 Å². The number of nitrogens with one attached hydrogen (secondary N) is 1. The minimum atomic E-state index is -0.463. The number of carbonyl (C=O) groups excluding carboxylic acids is 1. The Morgan fingerprint density at radius 3 is 2.90 bits per heavy atom. The molecule has 5 nitrogen and oxygen atoms in total. The topological polar surface area (TPSA) is 67.8 Å². The quantitative estimate of drug-likeness (QED) is 0.676. The van der Waals surface area contributed by atoms with Crippen molar-refractivity contribution in [1.29, 1.82) is 0 Å². The molecule has 0 saturated heterocycles. The van der Waals surface area contributed by atoms with Crippen LogP contribution >= 0.6 is 11.6 Å². The third kappa shape index (κ3) is 6.70. The molecule has 0 saturated carbocycles. The Morgan fingerprint density at radius 1 is 1.40 bits per heavy atom. The third-order valence-electron chi connectivity index (χ3n) is 2.28. The maximum atomic E-state index is 12.8. The first-order valence-corrected chi connectivity index (χ1v) is 6.54. The van der Waals surface area contributed by atoms with Crippen molar-refractivity contribution in [2.45, 2.75) is 6.42 Å². The predicted octanol–water partition coefficient (Wildman–Crippen LogP) is 1.37. The summed E-state index contributed by atoms with van der Waals surface area (Å²) in [5.74, 6) is -0.503. The SMILES string of the molecule is O=C(COc1ccc(F)cc1Cl)NCCCOCCO. The predicted molar refractivity (Wildman–Crippen MR) is 72.4 cm³/mol. The number of carbonyl (C=O) groups is 1. The van der Waals surface area contributed by atoms with E-state index < -0.39 is 5.82 Å². The molecule has 0 heterocycles. The molecule has 0 aliphatic carbocycles. The van der Waals surface area contributed by atoms with E-state index in [1.54, 1.807) is 0 Å². The fourth-order valence-corrected chi connectivity index (χ4v) is 1.58. The number of ether oxygens (including phenoxy) is 2. The van der Waals surface area contributed by atoms with Crippen molar-refractivity contribution in [1.82, 2.24) is 5.32 Å². The van der Waals surface area contributed by atoms with E-state index in [4.69, 9.17) is 26.2 Å². The van der Waals surface area contributed by atoms with Crippen LogP contribution in [0.5, 0.6) is 5.75 Å². The van der Waals surface area contributed by atoms with Gasteiger partial charge in [-0.05, 0) is 24.6 Å². The minimum Gasteiger partial charge on any atom is -0.482 e. The zero-order valence-electron chi connectivity index (χ0n) is 10.9. The van der Waals surface area contributed by atoms with E-state index >= 15 is 0 Å². The Kier molecular flexibility index (Phi) is 7.94. The highest BCUT2D eigenvalue weighted by atomic mass is 35.5. The highest BCUT2D eigenvalue weighted by molar-refractivity contribution is 6.32. The lowest BCUT2D eigenvalue weighted by Crippen LogP contribution is -2.30. The molecule has 0 bridgehead atoms. The number of aliphatic hydroxyl groups is 1. The molecule has 0 atom stereocenters. The molecule has 0 unspecified atom stereocenters. The van der Waals surface area contributed by atoms with E-state index in [0.29, 0.717) is 26.2 Å². The summed E-state index contributed by atoms with van der Waals surface area (Å²) in [6, 6.07) is 3.69. The summed E-state index contributed by atoms with van der Waals surface area (Å²) in [6.45, 7) is 0.998. The lowest BCUT2D eigenvalue weighted by molar-refractivity contribution is -0.123. The molecular formula is C13H17ClFNO4. The van der Waals surface area contributed by atoms with Crippen LogP contribution in [0.25, 0.3) is 0 Å². The third-order valence-corrected chi connectivity index (χ3v) is 2.57. The lowest BCUT2D eigenvalue weighted by Gasteiger charge is -2.08. The van der Waals surface area contributed by atoms with Crippen molar-refractivity contribution in [2.75, 3.05) is 33.0 Å². The van der Waals surface area contributed by atoms with Crippen LogP contribution in [0.2, 0.25) is 5.02 Å². The summed E-state index contributed by atoms with van der Waals surface area (Å²) in [4.78, 5) is 11.4. The van der Waals surface area contributed by atoms with E-state index in [1.807, 2.05) is 0 Å². The first-order chi connectivity index (χ1) is 9.63. The number of amides is 1. The van der Waals surface area contributed by atoms with Gasteiger partial charge in [0.05, 0.1) is 18.2 Å². The number of benzene rings is 1. The molecule has 112 valence electrons. The molecule has 0 radical (unpaired) electrons. The van der Waals surface area contributed by atoms with Gasteiger partial charge in [-0.2, -0.15) is 0 Å². The summed E-state index contributed by atoms with van der Waals surface area (Å²) in [5.41, 5.74) is 0. The van der Waals surface area contributed by atoms with Gasteiger partial charge in [-0.1, -0.05) is 11.6 Å². The van der Waals surface area contributed by atoms with Crippen LogP contribution in [0.15, 0.2) is 18.2 Å². The number of rotatable bonds is 9. The van der Waals surface area contributed by atoms with Gasteiger partial charge in [0.2, 0.25) is 0 Å². The number of halogens is 2. The molecule has 7 heteroatoms. The molecule has 0 fully saturated rings. The molecule has 1 rings (SSSR count). The van der Waals surface area contributed by atoms with E-state index in [1.165, 1.54) is 12.1 Å². The van der Waals surface area contributed by atoms with Crippen molar-refractivity contribution >= 4 is 17.5 Å². The average molecular weight is 306 g/mol. The number of hydrogen-bond acceptors (Lipinski definition) is 4. The average Bonchev–Trinajstić information content (AvgIpc) is 2.41. The van der Waals surface area contributed by atoms with Crippen LogP contribution in [-0.2, 0) is 9.53 Å². The summed E-state index contributed by atoms with van der Waals surface area (Å²) < 4.78 is 23.0. The second kappa shape index (κ2) is 9.52. The summed E-state index contributed by atoms with van der Waals surface area (Å²) in [6.07, 6.45) is 0.642. The van der Waals surface area contributed by atoms with Crippen molar-refractivity contribution in [2.24, 2.45) is 0 Å². The molecule has 1 aromatic carbocycles. The van der Waals surface area contributed by atoms with Crippen molar-refractivity contribution in [3.8, 4) is 5.75 Å². The van der Waals surface area contributed by atoms with Crippen molar-refractivity contribution < 1.29 is 23.8 Å². The highest BCUT2D eigenvalue weighted by Gasteiger charge is 2.06. The van der Waals surface area contributed by atoms with Gasteiger partial charge in [-0.3, -0.25) is 4.79 Å². The summed E-state index contributed by atoms with van der Waals surface area (Å²) in [5, 5.41) is 11.2. The summed E-state index contributed by atoms with van der Waals surface area (Å²) in [7, 11) is 0. The Balaban J connectivity index is 2.16. The van der Waals surface area contributed by atoms with Gasteiger partial charge in [0.25, 0.3) is 5.91 Å². The van der Waals surface area contributed by atoms with E-state index in [0.717, 1.165) is 6.07 Å². The van der Waals surface area contributed by atoms with E-state index in [2.05, 4.69) is 5.32 Å². The van der Waals surface area contributed by atoms with Gasteiger partial charge >= 0.3 is 0 Å². The largest absolute Gasteiger partial charge is 0.482 e. The first kappa shape index (κ1) is 16.7. The molecule has 0 aliphatic rings. The molecule has 0 aromatic heterocycles. The molecule has 20 heavy (non-hydrogen) atoms. The summed E-state index contributed by atoms with van der Waals surface area (Å²) >= 11 is 5.75. The zero-order chi connectivity index (χ0) is 14.8. The molecule has 0 spiro atoms. The van der Waals surface area contributed by atoms with Gasteiger partial charge in [-0.15, -0.1) is 0 Å². The second-order valence-electron chi connectivity index (χ2n) is 3.90. The fraction of sp³-hybridized carbons (Fsp3) is 0.462. The minimum absolute atomic E-state index is 0.0152. The van der Waals surface area contributed by atoms with Crippen LogP contribution in [-0.4, -0.2) is 44.0 Å². The van der Waals surface area contributed by atoms with Crippen LogP contribution < -0.4 is 10.1 Å². The number of aliphatic hydroxyl groups excluding tert-OH is 1. The van der Waals surface area contributed by atoms with Gasteiger partial charge in [0, 0.05) is 13.2 Å². The maximum absolute atomic E-state index is 12.8. The van der Waals surface area contributed by atoms with Gasteiger partial charge in [0.15, 0.2) is 6.61 Å². The van der Waals surface area contributed by atoms with Gasteiger partial charge in [-0.25, -0.2) is 4.39 Å². The van der Waals surface area contributed by atoms with Crippen LogP contribution in [0.3, 0.4) is 0 Å². The fourth-order valence-electron chi connectivity index (χ4n) is 1.36. The molecule has 0 aliphatic heterocycles. The molecular weight excluding hydrogens is 289 g/mol. The van der Waals surface area contributed by atoms with E-state index in [9.17, 15) is 9.18 Å². The van der Waals surface area contributed by atoms with Gasteiger partial charge in [0.1, 0.15) is 11.6 Å². The first-order valence-electron chi connectivity index (χ1n) is 6.16. The Morgan fingerprint density at radius 2 is 2.20 bits per heavy atom. The van der Waals surface area contributed by atoms with Crippen molar-refractivity contribution in [3.05, 3.63) is 29.0 Å². The second-order valence-corrected chi connectivity index (χ2v) is 4.31. The smallest absolute Gasteiger partial charge is 0.257 e. The van der Waals surface area contributed by atoms with Crippen LogP contribution in [0, 0.1) is 5.82 Å². The van der Waals surface area contributed by atoms with Crippen molar-refractivity contribution in [3.63, 3.8) is 0 Å². The number of hydrogen-bond donors (Lipinski definition) is 2. The lowest BCUT2D eigenvalue weighted by atomic mass is 10.3. The standard InChI is InChI=1S/C13H17ClFNO4/c14-11-8-10(15)2-3-12(11)20-9-13(18)16-4-1-6-19-7-5-17/h2-3,8,17H,1,4-7,9H2,(H,16,18). The van der Waals surface area contributed by atoms with E-state index in [-0.39, 0.29) is 29.9 Å². The van der Waals surface area contributed by atoms with Gasteiger partial charge < -0.3 is 19.9 Å². The molecule has 1 aromatic rings. The van der Waals surface area contributed by atoms with Crippen LogP contribution in [0.4, 0.5) is 4.39 Å². The molecule has 1 amide bonds.